The van der Waals surface area contributed by atoms with Gasteiger partial charge in [-0.1, -0.05) is 31.4 Å². The Morgan fingerprint density at radius 3 is 2.37 bits per heavy atom. The first kappa shape index (κ1) is 18.5. The summed E-state index contributed by atoms with van der Waals surface area (Å²) in [7, 11) is 0. The molecule has 0 aromatic heterocycles. The molecule has 0 saturated heterocycles. The van der Waals surface area contributed by atoms with Gasteiger partial charge in [0.1, 0.15) is 5.82 Å². The van der Waals surface area contributed by atoms with Crippen molar-refractivity contribution in [2.45, 2.75) is 38.4 Å². The van der Waals surface area contributed by atoms with E-state index >= 15 is 0 Å². The second-order valence-corrected chi connectivity index (χ2v) is 4.51. The maximum absolute atomic E-state index is 13.7. The number of hydrogen-bond acceptors (Lipinski definition) is 1. The van der Waals surface area contributed by atoms with Crippen molar-refractivity contribution in [2.24, 2.45) is 5.73 Å². The molecule has 0 fully saturated rings. The van der Waals surface area contributed by atoms with Crippen LogP contribution in [0.3, 0.4) is 0 Å². The highest BCUT2D eigenvalue weighted by atomic mass is 35.5. The van der Waals surface area contributed by atoms with Gasteiger partial charge in [-0.2, -0.15) is 13.2 Å². The van der Waals surface area contributed by atoms with Gasteiger partial charge in [-0.15, -0.1) is 12.4 Å². The Bertz CT molecular complexity index is 421. The second kappa shape index (κ2) is 7.31. The molecule has 0 amide bonds. The van der Waals surface area contributed by atoms with E-state index in [4.69, 9.17) is 17.3 Å². The molecular formula is C12H15Cl2F4N. The minimum absolute atomic E-state index is 0. The Morgan fingerprint density at radius 1 is 1.32 bits per heavy atom. The van der Waals surface area contributed by atoms with Crippen molar-refractivity contribution in [1.82, 2.24) is 0 Å². The molecule has 1 aromatic carbocycles. The first-order chi connectivity index (χ1) is 8.27. The SMILES string of the molecule is CCCC[C@H](N)c1cc(C(F)(F)F)cc(Cl)c1F.Cl. The van der Waals surface area contributed by atoms with Crippen LogP contribution in [0, 0.1) is 5.82 Å². The van der Waals surface area contributed by atoms with Gasteiger partial charge in [-0.05, 0) is 18.6 Å². The van der Waals surface area contributed by atoms with E-state index < -0.39 is 28.6 Å². The summed E-state index contributed by atoms with van der Waals surface area (Å²) in [5.74, 6) is -0.867. The molecule has 110 valence electrons. The van der Waals surface area contributed by atoms with Crippen LogP contribution in [0.5, 0.6) is 0 Å². The maximum atomic E-state index is 13.7. The van der Waals surface area contributed by atoms with Crippen LogP contribution < -0.4 is 5.73 Å². The van der Waals surface area contributed by atoms with Crippen molar-refractivity contribution >= 4 is 24.0 Å². The smallest absolute Gasteiger partial charge is 0.324 e. The molecule has 0 aliphatic rings. The molecule has 0 bridgehead atoms. The van der Waals surface area contributed by atoms with Crippen molar-refractivity contribution < 1.29 is 17.6 Å². The molecule has 0 saturated carbocycles. The molecule has 1 atom stereocenters. The fourth-order valence-electron chi connectivity index (χ4n) is 1.62. The van der Waals surface area contributed by atoms with Gasteiger partial charge in [0.05, 0.1) is 10.6 Å². The van der Waals surface area contributed by atoms with E-state index in [9.17, 15) is 17.6 Å². The Hall–Kier alpha value is -0.520. The highest BCUT2D eigenvalue weighted by Crippen LogP contribution is 2.35. The summed E-state index contributed by atoms with van der Waals surface area (Å²) in [5.41, 5.74) is 4.54. The average Bonchev–Trinajstić information content (AvgIpc) is 2.27. The highest BCUT2D eigenvalue weighted by Gasteiger charge is 2.32. The predicted molar refractivity (Wildman–Crippen MR) is 70.1 cm³/mol. The second-order valence-electron chi connectivity index (χ2n) is 4.11. The van der Waals surface area contributed by atoms with Crippen LogP contribution in [0.25, 0.3) is 0 Å². The van der Waals surface area contributed by atoms with Gasteiger partial charge >= 0.3 is 6.18 Å². The monoisotopic (exact) mass is 319 g/mol. The van der Waals surface area contributed by atoms with Crippen LogP contribution in [0.4, 0.5) is 17.6 Å². The number of hydrogen-bond donors (Lipinski definition) is 1. The molecule has 1 aromatic rings. The Labute approximate surface area is 120 Å². The molecule has 0 unspecified atom stereocenters. The lowest BCUT2D eigenvalue weighted by Crippen LogP contribution is -2.15. The highest BCUT2D eigenvalue weighted by molar-refractivity contribution is 6.30. The molecular weight excluding hydrogens is 305 g/mol. The fraction of sp³-hybridized carbons (Fsp3) is 0.500. The fourth-order valence-corrected chi connectivity index (χ4v) is 1.85. The van der Waals surface area contributed by atoms with Crippen LogP contribution in [-0.2, 0) is 6.18 Å². The van der Waals surface area contributed by atoms with Gasteiger partial charge in [-0.3, -0.25) is 0 Å². The number of alkyl halides is 3. The molecule has 0 heterocycles. The van der Waals surface area contributed by atoms with Crippen molar-refractivity contribution in [3.8, 4) is 0 Å². The minimum Gasteiger partial charge on any atom is -0.324 e. The van der Waals surface area contributed by atoms with E-state index in [2.05, 4.69) is 0 Å². The van der Waals surface area contributed by atoms with Crippen molar-refractivity contribution in [3.63, 3.8) is 0 Å². The van der Waals surface area contributed by atoms with Gasteiger partial charge in [0.25, 0.3) is 0 Å². The van der Waals surface area contributed by atoms with Gasteiger partial charge in [-0.25, -0.2) is 4.39 Å². The molecule has 0 aliphatic heterocycles. The predicted octanol–water partition coefficient (Wildman–Crippen LogP) is 5.11. The quantitative estimate of drug-likeness (QED) is 0.767. The first-order valence-electron chi connectivity index (χ1n) is 5.59. The third-order valence-corrected chi connectivity index (χ3v) is 2.93. The summed E-state index contributed by atoms with van der Waals surface area (Å²) in [6.07, 6.45) is -2.59. The topological polar surface area (TPSA) is 26.0 Å². The zero-order valence-electron chi connectivity index (χ0n) is 10.2. The largest absolute Gasteiger partial charge is 0.416 e. The number of halogens is 6. The molecule has 1 rings (SSSR count). The zero-order valence-corrected chi connectivity index (χ0v) is 11.8. The van der Waals surface area contributed by atoms with E-state index in [-0.39, 0.29) is 18.0 Å². The van der Waals surface area contributed by atoms with Gasteiger partial charge in [0.15, 0.2) is 0 Å². The number of nitrogens with two attached hydrogens (primary N) is 1. The van der Waals surface area contributed by atoms with Crippen LogP contribution in [0.15, 0.2) is 12.1 Å². The molecule has 2 N–H and O–H groups in total. The molecule has 0 aliphatic carbocycles. The van der Waals surface area contributed by atoms with Crippen molar-refractivity contribution in [1.29, 1.82) is 0 Å². The van der Waals surface area contributed by atoms with Crippen LogP contribution in [-0.4, -0.2) is 0 Å². The average molecular weight is 320 g/mol. The standard InChI is InChI=1S/C12H14ClF4N.ClH/c1-2-3-4-10(18)8-5-7(12(15,16)17)6-9(13)11(8)14;/h5-6,10H,2-4,18H2,1H3;1H/t10-;/m0./s1. The van der Waals surface area contributed by atoms with Crippen LogP contribution in [0.1, 0.15) is 43.4 Å². The van der Waals surface area contributed by atoms with Crippen molar-refractivity contribution in [3.05, 3.63) is 34.1 Å². The summed E-state index contributed by atoms with van der Waals surface area (Å²) in [6, 6.07) is 0.541. The van der Waals surface area contributed by atoms with Gasteiger partial charge in [0.2, 0.25) is 0 Å². The number of benzene rings is 1. The third-order valence-electron chi connectivity index (χ3n) is 2.65. The van der Waals surface area contributed by atoms with Crippen molar-refractivity contribution in [2.75, 3.05) is 0 Å². The van der Waals surface area contributed by atoms with Crippen LogP contribution >= 0.6 is 24.0 Å². The third kappa shape index (κ3) is 4.82. The zero-order chi connectivity index (χ0) is 13.9. The molecule has 19 heavy (non-hydrogen) atoms. The van der Waals surface area contributed by atoms with E-state index in [0.717, 1.165) is 12.5 Å². The van der Waals surface area contributed by atoms with E-state index in [0.29, 0.717) is 18.9 Å². The Balaban J connectivity index is 0.00000324. The van der Waals surface area contributed by atoms with Crippen LogP contribution in [0.2, 0.25) is 5.02 Å². The number of rotatable bonds is 4. The van der Waals surface area contributed by atoms with E-state index in [1.807, 2.05) is 6.92 Å². The lowest BCUT2D eigenvalue weighted by molar-refractivity contribution is -0.137. The number of unbranched alkanes of at least 4 members (excludes halogenated alkanes) is 1. The molecule has 1 nitrogen and oxygen atoms in total. The minimum atomic E-state index is -4.56. The van der Waals surface area contributed by atoms with E-state index in [1.165, 1.54) is 0 Å². The summed E-state index contributed by atoms with van der Waals surface area (Å²) in [6.45, 7) is 1.92. The summed E-state index contributed by atoms with van der Waals surface area (Å²) < 4.78 is 51.4. The lowest BCUT2D eigenvalue weighted by atomic mass is 9.99. The maximum Gasteiger partial charge on any atom is 0.416 e. The Kier molecular flexibility index (Phi) is 7.11. The molecule has 7 heteroatoms. The first-order valence-corrected chi connectivity index (χ1v) is 5.96. The molecule has 0 spiro atoms. The summed E-state index contributed by atoms with van der Waals surface area (Å²) in [5, 5.41) is -0.549. The van der Waals surface area contributed by atoms with E-state index in [1.54, 1.807) is 0 Å². The Morgan fingerprint density at radius 2 is 1.89 bits per heavy atom. The molecule has 0 radical (unpaired) electrons. The normalized spacial score (nSPS) is 13.0. The van der Waals surface area contributed by atoms with Gasteiger partial charge in [0, 0.05) is 11.6 Å². The summed E-state index contributed by atoms with van der Waals surface area (Å²) in [4.78, 5) is 0. The summed E-state index contributed by atoms with van der Waals surface area (Å²) >= 11 is 5.47. The van der Waals surface area contributed by atoms with Gasteiger partial charge < -0.3 is 5.73 Å². The lowest BCUT2D eigenvalue weighted by Gasteiger charge is -2.16.